The molecule has 1 fully saturated rings. The van der Waals surface area contributed by atoms with Gasteiger partial charge in [-0.3, -0.25) is 4.68 Å². The fraction of sp³-hybridized carbons (Fsp3) is 0.700. The van der Waals surface area contributed by atoms with E-state index in [4.69, 9.17) is 5.11 Å². The molecule has 6 heteroatoms. The normalized spacial score (nSPS) is 19.4. The first kappa shape index (κ1) is 11.1. The van der Waals surface area contributed by atoms with Crippen LogP contribution in [0.15, 0.2) is 6.20 Å². The highest BCUT2D eigenvalue weighted by atomic mass is 16.4. The van der Waals surface area contributed by atoms with Crippen molar-refractivity contribution in [3.63, 3.8) is 0 Å². The number of hydrogen-bond donors (Lipinski definition) is 2. The lowest BCUT2D eigenvalue weighted by Crippen LogP contribution is -2.37. The minimum Gasteiger partial charge on any atom is -0.479 e. The van der Waals surface area contributed by atoms with Crippen LogP contribution in [0.3, 0.4) is 0 Å². The molecule has 2 rings (SSSR count). The number of nitrogens with zero attached hydrogens (tertiary/aromatic N) is 3. The van der Waals surface area contributed by atoms with Crippen molar-refractivity contribution in [3.05, 3.63) is 11.9 Å². The van der Waals surface area contributed by atoms with Gasteiger partial charge in [0.15, 0.2) is 5.60 Å². The van der Waals surface area contributed by atoms with Gasteiger partial charge in [0.25, 0.3) is 0 Å². The van der Waals surface area contributed by atoms with Gasteiger partial charge >= 0.3 is 5.97 Å². The average molecular weight is 225 g/mol. The number of carboxylic acid groups (broad SMARTS) is 1. The molecule has 1 aromatic heterocycles. The van der Waals surface area contributed by atoms with Crippen molar-refractivity contribution < 1.29 is 15.0 Å². The van der Waals surface area contributed by atoms with Crippen LogP contribution in [0.4, 0.5) is 0 Å². The lowest BCUT2D eigenvalue weighted by molar-refractivity contribution is -0.156. The lowest BCUT2D eigenvalue weighted by atomic mass is 10.0. The van der Waals surface area contributed by atoms with Crippen LogP contribution in [0.5, 0.6) is 0 Å². The molecule has 6 nitrogen and oxygen atoms in total. The molecule has 1 heterocycles. The van der Waals surface area contributed by atoms with Gasteiger partial charge in [-0.1, -0.05) is 5.21 Å². The molecular formula is C10H15N3O3. The van der Waals surface area contributed by atoms with Gasteiger partial charge in [-0.2, -0.15) is 0 Å². The van der Waals surface area contributed by atoms with E-state index in [-0.39, 0.29) is 6.42 Å². The van der Waals surface area contributed by atoms with E-state index in [1.54, 1.807) is 10.9 Å². The summed E-state index contributed by atoms with van der Waals surface area (Å²) < 4.78 is 1.71. The maximum absolute atomic E-state index is 10.7. The second-order valence-electron chi connectivity index (χ2n) is 4.63. The van der Waals surface area contributed by atoms with E-state index in [1.807, 2.05) is 0 Å². The average Bonchev–Trinajstić information content (AvgIpc) is 2.87. The largest absolute Gasteiger partial charge is 0.479 e. The van der Waals surface area contributed by atoms with Crippen LogP contribution in [-0.4, -0.2) is 36.8 Å². The van der Waals surface area contributed by atoms with E-state index >= 15 is 0 Å². The van der Waals surface area contributed by atoms with Gasteiger partial charge in [-0.25, -0.2) is 4.79 Å². The Hall–Kier alpha value is -1.43. The van der Waals surface area contributed by atoms with Crippen molar-refractivity contribution >= 4 is 5.97 Å². The van der Waals surface area contributed by atoms with Crippen molar-refractivity contribution in [1.82, 2.24) is 15.0 Å². The van der Waals surface area contributed by atoms with Crippen LogP contribution in [0.2, 0.25) is 0 Å². The van der Waals surface area contributed by atoms with Crippen LogP contribution in [0.25, 0.3) is 0 Å². The fourth-order valence-electron chi connectivity index (χ4n) is 1.50. The Bertz CT molecular complexity index is 396. The number of aromatic nitrogens is 3. The Morgan fingerprint density at radius 2 is 2.38 bits per heavy atom. The second kappa shape index (κ2) is 3.86. The zero-order valence-corrected chi connectivity index (χ0v) is 9.13. The quantitative estimate of drug-likeness (QED) is 0.740. The highest BCUT2D eigenvalue weighted by Gasteiger charge is 2.31. The Balaban J connectivity index is 1.98. The molecule has 1 aromatic rings. The molecule has 1 aliphatic rings. The minimum atomic E-state index is -1.78. The smallest absolute Gasteiger partial charge is 0.335 e. The highest BCUT2D eigenvalue weighted by Crippen LogP contribution is 2.30. The molecule has 1 atom stereocenters. The third kappa shape index (κ3) is 2.57. The summed E-state index contributed by atoms with van der Waals surface area (Å²) in [5, 5.41) is 26.1. The van der Waals surface area contributed by atoms with Crippen molar-refractivity contribution in [3.8, 4) is 0 Å². The monoisotopic (exact) mass is 225 g/mol. The lowest BCUT2D eigenvalue weighted by Gasteiger charge is -2.15. The second-order valence-corrected chi connectivity index (χ2v) is 4.63. The number of aliphatic hydroxyl groups is 1. The molecule has 0 aromatic carbocycles. The zero-order chi connectivity index (χ0) is 11.8. The van der Waals surface area contributed by atoms with Crippen LogP contribution in [0, 0.1) is 5.92 Å². The van der Waals surface area contributed by atoms with Crippen LogP contribution < -0.4 is 0 Å². The van der Waals surface area contributed by atoms with E-state index < -0.39 is 11.6 Å². The molecule has 0 spiro atoms. The Kier molecular flexibility index (Phi) is 2.67. The number of aliphatic carboxylic acids is 1. The van der Waals surface area contributed by atoms with Gasteiger partial charge in [-0.05, 0) is 25.7 Å². The fourth-order valence-corrected chi connectivity index (χ4v) is 1.50. The van der Waals surface area contributed by atoms with Crippen LogP contribution >= 0.6 is 0 Å². The summed E-state index contributed by atoms with van der Waals surface area (Å²) in [6.45, 7) is 2.09. The van der Waals surface area contributed by atoms with Crippen LogP contribution in [-0.2, 0) is 17.8 Å². The van der Waals surface area contributed by atoms with Crippen molar-refractivity contribution in [2.75, 3.05) is 0 Å². The summed E-state index contributed by atoms with van der Waals surface area (Å²) in [5.74, 6) is -0.557. The molecule has 1 unspecified atom stereocenters. The first-order valence-corrected chi connectivity index (χ1v) is 5.32. The van der Waals surface area contributed by atoms with E-state index in [1.165, 1.54) is 19.8 Å². The van der Waals surface area contributed by atoms with E-state index in [2.05, 4.69) is 10.3 Å². The van der Waals surface area contributed by atoms with Crippen LogP contribution in [0.1, 0.15) is 25.5 Å². The number of rotatable bonds is 5. The molecule has 0 amide bonds. The molecule has 1 saturated carbocycles. The van der Waals surface area contributed by atoms with Crippen molar-refractivity contribution in [1.29, 1.82) is 0 Å². The van der Waals surface area contributed by atoms with Gasteiger partial charge in [0.1, 0.15) is 0 Å². The first-order chi connectivity index (χ1) is 7.47. The van der Waals surface area contributed by atoms with Gasteiger partial charge in [-0.15, -0.1) is 5.10 Å². The van der Waals surface area contributed by atoms with E-state index in [0.29, 0.717) is 11.6 Å². The maximum Gasteiger partial charge on any atom is 0.335 e. The van der Waals surface area contributed by atoms with Crippen molar-refractivity contribution in [2.24, 2.45) is 5.92 Å². The predicted octanol–water partition coefficient (Wildman–Crippen LogP) is 0.0662. The molecule has 16 heavy (non-hydrogen) atoms. The number of carbonyl (C=O) groups is 1. The molecule has 0 aliphatic heterocycles. The third-order valence-corrected chi connectivity index (χ3v) is 2.71. The van der Waals surface area contributed by atoms with Gasteiger partial charge in [0, 0.05) is 19.2 Å². The molecule has 0 bridgehead atoms. The van der Waals surface area contributed by atoms with Gasteiger partial charge < -0.3 is 10.2 Å². The molecule has 88 valence electrons. The summed E-state index contributed by atoms with van der Waals surface area (Å²) in [5.41, 5.74) is -1.27. The molecule has 0 saturated heterocycles. The summed E-state index contributed by atoms with van der Waals surface area (Å²) >= 11 is 0. The predicted molar refractivity (Wildman–Crippen MR) is 54.7 cm³/mol. The summed E-state index contributed by atoms with van der Waals surface area (Å²) in [6, 6.07) is 0. The zero-order valence-electron chi connectivity index (χ0n) is 9.13. The topological polar surface area (TPSA) is 88.2 Å². The maximum atomic E-state index is 10.7. The Labute approximate surface area is 92.9 Å². The molecule has 0 radical (unpaired) electrons. The minimum absolute atomic E-state index is 0.0208. The van der Waals surface area contributed by atoms with Gasteiger partial charge in [0.05, 0.1) is 5.69 Å². The van der Waals surface area contributed by atoms with E-state index in [0.717, 1.165) is 6.54 Å². The first-order valence-electron chi connectivity index (χ1n) is 5.32. The Morgan fingerprint density at radius 1 is 1.69 bits per heavy atom. The summed E-state index contributed by atoms with van der Waals surface area (Å²) in [6.07, 6.45) is 4.13. The molecule has 2 N–H and O–H groups in total. The Morgan fingerprint density at radius 3 is 2.94 bits per heavy atom. The highest BCUT2D eigenvalue weighted by molar-refractivity contribution is 5.76. The summed E-state index contributed by atoms with van der Waals surface area (Å²) in [4.78, 5) is 10.7. The van der Waals surface area contributed by atoms with Gasteiger partial charge in [0.2, 0.25) is 0 Å². The van der Waals surface area contributed by atoms with E-state index in [9.17, 15) is 9.90 Å². The molecule has 1 aliphatic carbocycles. The molecular weight excluding hydrogens is 210 g/mol. The number of carboxylic acids is 1. The third-order valence-electron chi connectivity index (χ3n) is 2.71. The summed E-state index contributed by atoms with van der Waals surface area (Å²) in [7, 11) is 0. The standard InChI is InChI=1S/C10H15N3O3/c1-10(16,9(14)15)4-8-6-13(12-11-8)5-7-2-3-7/h6-7,16H,2-5H2,1H3,(H,14,15). The van der Waals surface area contributed by atoms with Crippen molar-refractivity contribution in [2.45, 2.75) is 38.3 Å². The number of hydrogen-bond acceptors (Lipinski definition) is 4. The SMILES string of the molecule is CC(O)(Cc1cn(CC2CC2)nn1)C(=O)O.